The van der Waals surface area contributed by atoms with Gasteiger partial charge in [-0.1, -0.05) is 30.4 Å². The zero-order chi connectivity index (χ0) is 15.5. The first-order valence-electron chi connectivity index (χ1n) is 8.71. The Morgan fingerprint density at radius 3 is 2.27 bits per heavy atom. The monoisotopic (exact) mass is 294 g/mol. The molecule has 4 aliphatic carbocycles. The molecule has 0 N–H and O–H groups in total. The normalized spacial score (nSPS) is 46.0. The van der Waals surface area contributed by atoms with Crippen molar-refractivity contribution in [3.05, 3.63) is 50.1 Å². The van der Waals surface area contributed by atoms with E-state index in [0.717, 1.165) is 31.1 Å². The lowest BCUT2D eigenvalue weighted by atomic mass is 9.40. The predicted molar refractivity (Wildman–Crippen MR) is 90.1 cm³/mol. The number of rotatable bonds is 6. The number of ketones is 1. The molecule has 1 nitrogen and oxygen atoms in total. The second kappa shape index (κ2) is 4.57. The van der Waals surface area contributed by atoms with Crippen LogP contribution in [0.5, 0.6) is 0 Å². The third-order valence-corrected chi connectivity index (χ3v) is 7.39. The van der Waals surface area contributed by atoms with E-state index in [0.29, 0.717) is 23.5 Å². The second-order valence-corrected chi connectivity index (χ2v) is 7.93. The molecule has 2 unspecified atom stereocenters. The number of fused-ring (bicyclic) bond motifs is 7. The summed E-state index contributed by atoms with van der Waals surface area (Å²) in [5.41, 5.74) is -0.334. The molecule has 22 heavy (non-hydrogen) atoms. The Hall–Kier alpha value is -1.37. The van der Waals surface area contributed by atoms with E-state index in [1.54, 1.807) is 0 Å². The highest BCUT2D eigenvalue weighted by Crippen LogP contribution is 2.77. The lowest BCUT2D eigenvalue weighted by molar-refractivity contribution is -0.177. The van der Waals surface area contributed by atoms with Gasteiger partial charge in [0.1, 0.15) is 5.78 Å². The largest absolute Gasteiger partial charge is 0.298 e. The molecule has 0 aromatic heterocycles. The Labute approximate surface area is 133 Å². The Kier molecular flexibility index (Phi) is 2.95. The highest BCUT2D eigenvalue weighted by atomic mass is 16.1. The number of Topliss-reactive ketones (excluding diaryl/α,β-unsaturated/α-hetero) is 1. The van der Waals surface area contributed by atoms with Gasteiger partial charge in [0.05, 0.1) is 0 Å². The van der Waals surface area contributed by atoms with Crippen LogP contribution in [-0.2, 0) is 4.79 Å². The molecule has 0 aliphatic heterocycles. The van der Waals surface area contributed by atoms with Gasteiger partial charge in [-0.2, -0.15) is 0 Å². The summed E-state index contributed by atoms with van der Waals surface area (Å²) in [6.07, 6.45) is 15.7. The van der Waals surface area contributed by atoms with Gasteiger partial charge in [0.25, 0.3) is 0 Å². The van der Waals surface area contributed by atoms with Crippen LogP contribution in [0.3, 0.4) is 0 Å². The maximum atomic E-state index is 13.5. The van der Waals surface area contributed by atoms with E-state index in [4.69, 9.17) is 0 Å². The van der Waals surface area contributed by atoms with E-state index in [1.165, 1.54) is 12.8 Å². The van der Waals surface area contributed by atoms with Gasteiger partial charge in [0, 0.05) is 10.8 Å². The Morgan fingerprint density at radius 1 is 1.00 bits per heavy atom. The number of hydrogen-bond donors (Lipinski definition) is 0. The van der Waals surface area contributed by atoms with Crippen LogP contribution in [0.4, 0.5) is 0 Å². The number of hydrogen-bond acceptors (Lipinski definition) is 1. The van der Waals surface area contributed by atoms with Crippen LogP contribution in [-0.4, -0.2) is 5.78 Å². The van der Waals surface area contributed by atoms with Crippen molar-refractivity contribution < 1.29 is 4.79 Å². The quantitative estimate of drug-likeness (QED) is 0.647. The Morgan fingerprint density at radius 2 is 1.64 bits per heavy atom. The van der Waals surface area contributed by atoms with Crippen molar-refractivity contribution in [2.75, 3.05) is 0 Å². The minimum absolute atomic E-state index is 0.122. The van der Waals surface area contributed by atoms with E-state index < -0.39 is 0 Å². The van der Waals surface area contributed by atoms with Crippen LogP contribution in [0.15, 0.2) is 50.1 Å². The summed E-state index contributed by atoms with van der Waals surface area (Å²) in [5, 5.41) is 0. The van der Waals surface area contributed by atoms with E-state index in [2.05, 4.69) is 31.9 Å². The van der Waals surface area contributed by atoms with Crippen molar-refractivity contribution in [2.45, 2.75) is 32.1 Å². The molecule has 116 valence electrons. The van der Waals surface area contributed by atoms with Crippen molar-refractivity contribution in [3.63, 3.8) is 0 Å². The van der Waals surface area contributed by atoms with E-state index in [-0.39, 0.29) is 10.8 Å². The van der Waals surface area contributed by atoms with Crippen molar-refractivity contribution >= 4 is 5.78 Å². The van der Waals surface area contributed by atoms with E-state index in [1.807, 2.05) is 18.2 Å². The zero-order valence-electron chi connectivity index (χ0n) is 13.3. The number of carbonyl (C=O) groups excluding carboxylic acids is 1. The number of carbonyl (C=O) groups is 1. The zero-order valence-corrected chi connectivity index (χ0v) is 13.3. The maximum Gasteiger partial charge on any atom is 0.147 e. The van der Waals surface area contributed by atoms with Gasteiger partial charge < -0.3 is 0 Å². The first-order chi connectivity index (χ1) is 10.7. The van der Waals surface area contributed by atoms with Crippen LogP contribution in [0.1, 0.15) is 32.1 Å². The molecular weight excluding hydrogens is 268 g/mol. The molecule has 0 saturated heterocycles. The molecule has 3 fully saturated rings. The van der Waals surface area contributed by atoms with Gasteiger partial charge in [-0.05, 0) is 61.7 Å². The van der Waals surface area contributed by atoms with Crippen LogP contribution in [0.25, 0.3) is 0 Å². The lowest BCUT2D eigenvalue weighted by Crippen LogP contribution is -2.65. The Bertz CT molecular complexity index is 573. The first kappa shape index (κ1) is 14.2. The smallest absolute Gasteiger partial charge is 0.147 e. The fraction of sp³-hybridized carbons (Fsp3) is 0.571. The first-order valence-corrected chi connectivity index (χ1v) is 8.71. The van der Waals surface area contributed by atoms with Crippen LogP contribution < -0.4 is 0 Å². The summed E-state index contributed by atoms with van der Waals surface area (Å²) in [7, 11) is 0. The standard InChI is InChI=1S/C21H26O/c1-4-9-20(10-5-2)17-13-16-14-7-8-15(12-14)18(16)21(17,11-6-3)19(20)22/h4-8,14-18H,1-3,9-13H2/t14?,15?,16-,17-,18+,21+/m1/s1. The third-order valence-electron chi connectivity index (χ3n) is 7.39. The predicted octanol–water partition coefficient (Wildman–Crippen LogP) is 4.73. The summed E-state index contributed by atoms with van der Waals surface area (Å²) in [6, 6.07) is 0. The minimum atomic E-state index is -0.212. The highest BCUT2D eigenvalue weighted by Gasteiger charge is 2.78. The van der Waals surface area contributed by atoms with Gasteiger partial charge in [-0.3, -0.25) is 4.79 Å². The SMILES string of the molecule is C=CCC1(CC=C)C(=O)[C@@]2(CC=C)[C@@H]1C[C@@H]1C3C=CC(C3)[C@@H]12. The van der Waals surface area contributed by atoms with Gasteiger partial charge in [0.2, 0.25) is 0 Å². The molecular formula is C21H26O. The lowest BCUT2D eigenvalue weighted by Gasteiger charge is -2.61. The van der Waals surface area contributed by atoms with E-state index in [9.17, 15) is 4.79 Å². The summed E-state index contributed by atoms with van der Waals surface area (Å²) >= 11 is 0. The van der Waals surface area contributed by atoms with Crippen LogP contribution in [0, 0.1) is 40.4 Å². The molecule has 1 heteroatoms. The minimum Gasteiger partial charge on any atom is -0.298 e. The molecule has 0 amide bonds. The summed E-state index contributed by atoms with van der Waals surface area (Å²) in [5.74, 6) is 3.65. The molecule has 0 spiro atoms. The molecule has 0 aromatic rings. The average molecular weight is 294 g/mol. The van der Waals surface area contributed by atoms with Crippen molar-refractivity contribution in [3.8, 4) is 0 Å². The Balaban J connectivity index is 1.78. The second-order valence-electron chi connectivity index (χ2n) is 7.93. The fourth-order valence-corrected chi connectivity index (χ4v) is 6.98. The van der Waals surface area contributed by atoms with Crippen molar-refractivity contribution in [2.24, 2.45) is 40.4 Å². The molecule has 6 atom stereocenters. The molecule has 0 radical (unpaired) electrons. The maximum absolute atomic E-state index is 13.5. The van der Waals surface area contributed by atoms with E-state index >= 15 is 0 Å². The summed E-state index contributed by atoms with van der Waals surface area (Å²) in [6.45, 7) is 11.8. The fourth-order valence-electron chi connectivity index (χ4n) is 6.98. The van der Waals surface area contributed by atoms with Gasteiger partial charge >= 0.3 is 0 Å². The highest BCUT2D eigenvalue weighted by molar-refractivity contribution is 5.99. The van der Waals surface area contributed by atoms with Crippen LogP contribution >= 0.6 is 0 Å². The number of allylic oxidation sites excluding steroid dienone is 5. The molecule has 0 aromatic carbocycles. The summed E-state index contributed by atoms with van der Waals surface area (Å²) < 4.78 is 0. The van der Waals surface area contributed by atoms with Gasteiger partial charge in [-0.15, -0.1) is 19.7 Å². The van der Waals surface area contributed by atoms with Crippen LogP contribution in [0.2, 0.25) is 0 Å². The van der Waals surface area contributed by atoms with Gasteiger partial charge in [-0.25, -0.2) is 0 Å². The van der Waals surface area contributed by atoms with Crippen molar-refractivity contribution in [1.82, 2.24) is 0 Å². The molecule has 4 aliphatic rings. The molecule has 3 saturated carbocycles. The molecule has 4 rings (SSSR count). The summed E-state index contributed by atoms with van der Waals surface area (Å²) in [4.78, 5) is 13.5. The molecule has 0 heterocycles. The third kappa shape index (κ3) is 1.34. The molecule has 2 bridgehead atoms. The average Bonchev–Trinajstić information content (AvgIpc) is 3.18. The topological polar surface area (TPSA) is 17.1 Å². The van der Waals surface area contributed by atoms with Gasteiger partial charge in [0.15, 0.2) is 0 Å². The van der Waals surface area contributed by atoms with Crippen molar-refractivity contribution in [1.29, 1.82) is 0 Å².